The Bertz CT molecular complexity index is 1340. The number of hydrogen-bond acceptors (Lipinski definition) is 6. The molecular weight excluding hydrogens is 548 g/mol. The first-order valence-corrected chi connectivity index (χ1v) is 16.4. The van der Waals surface area contributed by atoms with E-state index in [1.54, 1.807) is 4.90 Å². The van der Waals surface area contributed by atoms with Crippen molar-refractivity contribution in [1.29, 1.82) is 0 Å². The Hall–Kier alpha value is -2.76. The van der Waals surface area contributed by atoms with Gasteiger partial charge in [0, 0.05) is 50.1 Å². The van der Waals surface area contributed by atoms with Crippen LogP contribution in [0.4, 0.5) is 5.00 Å². The second kappa shape index (κ2) is 12.8. The summed E-state index contributed by atoms with van der Waals surface area (Å²) in [6.07, 6.45) is 3.87. The molecule has 11 heteroatoms. The predicted octanol–water partition coefficient (Wildman–Crippen LogP) is 4.59. The summed E-state index contributed by atoms with van der Waals surface area (Å²) < 4.78 is 27.7. The number of fused-ring (bicyclic) bond motifs is 1. The molecule has 2 aliphatic heterocycles. The van der Waals surface area contributed by atoms with Gasteiger partial charge in [-0.25, -0.2) is 8.42 Å². The van der Waals surface area contributed by atoms with E-state index in [0.29, 0.717) is 67.7 Å². The lowest BCUT2D eigenvalue weighted by atomic mass is 10.0. The smallest absolute Gasteiger partial charge is 0.257 e. The number of nitrogens with zero attached hydrogens (tertiary/aromatic N) is 3. The molecular formula is C29H40N4O5S2. The van der Waals surface area contributed by atoms with E-state index in [9.17, 15) is 22.8 Å². The summed E-state index contributed by atoms with van der Waals surface area (Å²) in [5.41, 5.74) is 1.72. The van der Waals surface area contributed by atoms with Gasteiger partial charge < -0.3 is 15.1 Å². The molecule has 0 bridgehead atoms. The van der Waals surface area contributed by atoms with Gasteiger partial charge in [-0.05, 0) is 67.9 Å². The van der Waals surface area contributed by atoms with Gasteiger partial charge in [0.25, 0.3) is 11.8 Å². The highest BCUT2D eigenvalue weighted by atomic mass is 32.2. The molecule has 1 aromatic heterocycles. The number of thiophene rings is 1. The zero-order chi connectivity index (χ0) is 29.0. The molecule has 0 atom stereocenters. The first kappa shape index (κ1) is 30.2. The number of amides is 3. The molecule has 1 aromatic carbocycles. The Balaban J connectivity index is 1.59. The van der Waals surface area contributed by atoms with Crippen molar-refractivity contribution in [3.05, 3.63) is 45.8 Å². The van der Waals surface area contributed by atoms with Gasteiger partial charge in [-0.3, -0.25) is 14.4 Å². The van der Waals surface area contributed by atoms with Crippen LogP contribution in [-0.4, -0.2) is 73.0 Å². The molecule has 0 saturated carbocycles. The van der Waals surface area contributed by atoms with Crippen LogP contribution in [0.1, 0.15) is 84.5 Å². The summed E-state index contributed by atoms with van der Waals surface area (Å²) >= 11 is 1.34. The first-order valence-electron chi connectivity index (χ1n) is 14.2. The highest BCUT2D eigenvalue weighted by Gasteiger charge is 2.32. The molecule has 1 N–H and O–H groups in total. The summed E-state index contributed by atoms with van der Waals surface area (Å²) in [4.78, 5) is 43.8. The molecule has 218 valence electrons. The fourth-order valence-electron chi connectivity index (χ4n) is 5.33. The molecule has 9 nitrogen and oxygen atoms in total. The van der Waals surface area contributed by atoms with Gasteiger partial charge in [-0.2, -0.15) is 4.31 Å². The molecule has 0 spiro atoms. The van der Waals surface area contributed by atoms with Crippen LogP contribution in [0.5, 0.6) is 0 Å². The van der Waals surface area contributed by atoms with E-state index in [1.165, 1.54) is 46.8 Å². The summed E-state index contributed by atoms with van der Waals surface area (Å²) in [7, 11) is -3.62. The highest BCUT2D eigenvalue weighted by Crippen LogP contribution is 2.38. The number of anilines is 1. The van der Waals surface area contributed by atoms with Crippen LogP contribution in [-0.2, 0) is 27.8 Å². The summed E-state index contributed by atoms with van der Waals surface area (Å²) in [6.45, 7) is 10.9. The molecule has 3 amide bonds. The summed E-state index contributed by atoms with van der Waals surface area (Å²) in [5, 5.41) is 3.42. The van der Waals surface area contributed by atoms with E-state index >= 15 is 0 Å². The Morgan fingerprint density at radius 3 is 2.23 bits per heavy atom. The fourth-order valence-corrected chi connectivity index (χ4v) is 8.05. The number of benzene rings is 1. The minimum absolute atomic E-state index is 0.0230. The van der Waals surface area contributed by atoms with Crippen LogP contribution in [0, 0.1) is 5.92 Å². The second-order valence-electron chi connectivity index (χ2n) is 10.8. The Morgan fingerprint density at radius 1 is 1.02 bits per heavy atom. The number of carbonyl (C=O) groups excluding carboxylic acids is 3. The van der Waals surface area contributed by atoms with Crippen LogP contribution in [0.3, 0.4) is 0 Å². The van der Waals surface area contributed by atoms with Crippen LogP contribution in [0.15, 0.2) is 29.2 Å². The van der Waals surface area contributed by atoms with Crippen molar-refractivity contribution in [2.45, 2.75) is 71.2 Å². The molecule has 1 fully saturated rings. The van der Waals surface area contributed by atoms with Crippen molar-refractivity contribution in [1.82, 2.24) is 14.1 Å². The first-order chi connectivity index (χ1) is 19.1. The zero-order valence-corrected chi connectivity index (χ0v) is 25.5. The van der Waals surface area contributed by atoms with Crippen molar-refractivity contribution in [2.75, 3.05) is 38.0 Å². The molecule has 0 unspecified atom stereocenters. The van der Waals surface area contributed by atoms with Crippen molar-refractivity contribution in [2.24, 2.45) is 5.92 Å². The maximum absolute atomic E-state index is 13.8. The normalized spacial score (nSPS) is 16.4. The lowest BCUT2D eigenvalue weighted by Gasteiger charge is -2.29. The van der Waals surface area contributed by atoms with Gasteiger partial charge in [-0.15, -0.1) is 11.3 Å². The van der Waals surface area contributed by atoms with Gasteiger partial charge in [0.1, 0.15) is 5.00 Å². The largest absolute Gasteiger partial charge is 0.339 e. The van der Waals surface area contributed by atoms with Crippen molar-refractivity contribution in [3.63, 3.8) is 0 Å². The monoisotopic (exact) mass is 588 g/mol. The minimum atomic E-state index is -3.62. The van der Waals surface area contributed by atoms with Crippen LogP contribution >= 0.6 is 11.3 Å². The molecule has 2 aromatic rings. The summed E-state index contributed by atoms with van der Waals surface area (Å²) in [5.74, 6) is -0.0293. The maximum Gasteiger partial charge on any atom is 0.257 e. The number of nitrogens with one attached hydrogen (secondary N) is 1. The molecule has 0 aliphatic carbocycles. The topological polar surface area (TPSA) is 107 Å². The number of carbonyl (C=O) groups is 3. The number of sulfonamides is 1. The highest BCUT2D eigenvalue weighted by molar-refractivity contribution is 7.89. The number of hydrogen-bond donors (Lipinski definition) is 1. The third-order valence-corrected chi connectivity index (χ3v) is 10.8. The van der Waals surface area contributed by atoms with Crippen LogP contribution in [0.25, 0.3) is 0 Å². The third kappa shape index (κ3) is 6.42. The van der Waals surface area contributed by atoms with Gasteiger partial charge in [0.2, 0.25) is 15.9 Å². The van der Waals surface area contributed by atoms with E-state index in [0.717, 1.165) is 36.1 Å². The lowest BCUT2D eigenvalue weighted by molar-refractivity contribution is -0.129. The van der Waals surface area contributed by atoms with Gasteiger partial charge >= 0.3 is 0 Å². The van der Waals surface area contributed by atoms with Crippen molar-refractivity contribution in [3.8, 4) is 0 Å². The molecule has 4 rings (SSSR count). The molecule has 2 aliphatic rings. The van der Waals surface area contributed by atoms with E-state index < -0.39 is 15.9 Å². The number of rotatable bonds is 9. The molecule has 3 heterocycles. The van der Waals surface area contributed by atoms with Gasteiger partial charge in [0.15, 0.2) is 0 Å². The Morgan fingerprint density at radius 2 is 1.65 bits per heavy atom. The van der Waals surface area contributed by atoms with E-state index in [-0.39, 0.29) is 16.7 Å². The van der Waals surface area contributed by atoms with E-state index in [1.807, 2.05) is 18.7 Å². The van der Waals surface area contributed by atoms with E-state index in [2.05, 4.69) is 12.2 Å². The molecule has 40 heavy (non-hydrogen) atoms. The average molecular weight is 589 g/mol. The second-order valence-corrected chi connectivity index (χ2v) is 13.8. The Kier molecular flexibility index (Phi) is 9.68. The lowest BCUT2D eigenvalue weighted by Crippen LogP contribution is -2.37. The zero-order valence-electron chi connectivity index (χ0n) is 23.9. The standard InChI is InChI=1S/C29H40N4O5S2/c1-5-14-31(15-6-2)29(36)26-24-13-16-32(21(4)34)19-25(24)39-28(26)30-27(35)22-7-9-23(10-8-22)40(37,38)33-17-11-20(3)12-18-33/h7-10,20H,5-6,11-19H2,1-4H3,(H,30,35). The van der Waals surface area contributed by atoms with Gasteiger partial charge in [0.05, 0.1) is 17.0 Å². The van der Waals surface area contributed by atoms with Gasteiger partial charge in [-0.1, -0.05) is 20.8 Å². The third-order valence-electron chi connectivity index (χ3n) is 7.71. The van der Waals surface area contributed by atoms with Crippen molar-refractivity contribution < 1.29 is 22.8 Å². The SMILES string of the molecule is CCCN(CCC)C(=O)c1c(NC(=O)c2ccc(S(=O)(=O)N3CCC(C)CC3)cc2)sc2c1CCN(C(C)=O)C2. The maximum atomic E-state index is 13.8. The van der Waals surface area contributed by atoms with Crippen LogP contribution in [0.2, 0.25) is 0 Å². The van der Waals surface area contributed by atoms with Crippen molar-refractivity contribution >= 4 is 44.1 Å². The minimum Gasteiger partial charge on any atom is -0.339 e. The van der Waals surface area contributed by atoms with E-state index in [4.69, 9.17) is 0 Å². The Labute approximate surface area is 241 Å². The summed E-state index contributed by atoms with van der Waals surface area (Å²) in [6, 6.07) is 5.98. The fraction of sp³-hybridized carbons (Fsp3) is 0.552. The number of piperidine rings is 1. The predicted molar refractivity (Wildman–Crippen MR) is 157 cm³/mol. The van der Waals surface area contributed by atoms with Crippen LogP contribution < -0.4 is 5.32 Å². The average Bonchev–Trinajstić information content (AvgIpc) is 3.29. The molecule has 0 radical (unpaired) electrons. The molecule has 1 saturated heterocycles. The quantitative estimate of drug-likeness (QED) is 0.461.